The molecular formula is C58H64BN3OSi2. The third-order valence-corrected chi connectivity index (χ3v) is 19.7. The summed E-state index contributed by atoms with van der Waals surface area (Å²) in [6.07, 6.45) is 4.68. The number of furan rings is 1. The molecule has 0 spiro atoms. The fourth-order valence-corrected chi connectivity index (χ4v) is 13.9. The van der Waals surface area contributed by atoms with Gasteiger partial charge in [0.15, 0.2) is 0 Å². The minimum absolute atomic E-state index is 0.00556. The van der Waals surface area contributed by atoms with Crippen LogP contribution in [-0.4, -0.2) is 22.9 Å². The lowest BCUT2D eigenvalue weighted by molar-refractivity contribution is 0.159. The molecule has 7 aromatic rings. The van der Waals surface area contributed by atoms with Gasteiger partial charge < -0.3 is 19.1 Å². The molecule has 6 aromatic carbocycles. The summed E-state index contributed by atoms with van der Waals surface area (Å²) in [5, 5.41) is 2.94. The van der Waals surface area contributed by atoms with E-state index < -0.39 is 16.1 Å². The van der Waals surface area contributed by atoms with Crippen LogP contribution in [0, 0.1) is 0 Å². The van der Waals surface area contributed by atoms with Gasteiger partial charge in [0.2, 0.25) is 0 Å². The van der Waals surface area contributed by atoms with E-state index in [1.165, 1.54) is 85.2 Å². The maximum absolute atomic E-state index is 7.75. The molecule has 12 rings (SSSR count). The lowest BCUT2D eigenvalue weighted by atomic mass is 9.35. The average Bonchev–Trinajstić information content (AvgIpc) is 3.70. The predicted molar refractivity (Wildman–Crippen MR) is 285 cm³/mol. The molecule has 3 heterocycles. The van der Waals surface area contributed by atoms with Crippen molar-refractivity contribution >= 4 is 101 Å². The van der Waals surface area contributed by atoms with Gasteiger partial charge in [-0.3, -0.25) is 0 Å². The van der Waals surface area contributed by atoms with Gasteiger partial charge in [-0.15, -0.1) is 0 Å². The van der Waals surface area contributed by atoms with Gasteiger partial charge in [-0.25, -0.2) is 0 Å². The fraction of sp³-hybridized carbons (Fsp3) is 0.310. The van der Waals surface area contributed by atoms with Crippen LogP contribution in [0.1, 0.15) is 77.2 Å². The molecule has 0 atom stereocenters. The molecule has 0 saturated heterocycles. The third-order valence-electron chi connectivity index (χ3n) is 15.6. The molecule has 0 N–H and O–H groups in total. The maximum Gasteiger partial charge on any atom is 0.297 e. The molecule has 5 aliphatic rings. The smallest absolute Gasteiger partial charge is 0.297 e. The van der Waals surface area contributed by atoms with Gasteiger partial charge in [0.1, 0.15) is 5.76 Å². The van der Waals surface area contributed by atoms with E-state index in [4.69, 9.17) is 4.42 Å². The van der Waals surface area contributed by atoms with Crippen LogP contribution in [0.25, 0.3) is 0 Å². The van der Waals surface area contributed by atoms with Crippen molar-refractivity contribution in [2.24, 2.45) is 0 Å². The first-order valence-corrected chi connectivity index (χ1v) is 31.1. The number of anilines is 9. The number of para-hydroxylation sites is 2. The second-order valence-electron chi connectivity index (χ2n) is 23.3. The first kappa shape index (κ1) is 42.2. The third kappa shape index (κ3) is 6.66. The van der Waals surface area contributed by atoms with Crippen molar-refractivity contribution in [2.75, 3.05) is 14.7 Å². The van der Waals surface area contributed by atoms with Crippen LogP contribution < -0.4 is 41.7 Å². The van der Waals surface area contributed by atoms with Gasteiger partial charge in [-0.1, -0.05) is 157 Å². The first-order valence-electron chi connectivity index (χ1n) is 24.1. The van der Waals surface area contributed by atoms with Crippen molar-refractivity contribution in [3.63, 3.8) is 0 Å². The highest BCUT2D eigenvalue weighted by Gasteiger charge is 2.57. The summed E-state index contributed by atoms with van der Waals surface area (Å²) in [4.78, 5) is 7.69. The molecule has 4 nitrogen and oxygen atoms in total. The van der Waals surface area contributed by atoms with Gasteiger partial charge in [0.25, 0.3) is 6.71 Å². The standard InChI is InChI=1S/C58H64BN3OSi2/c1-56(2,3)39-22-24-43(25-23-39)62-50-37-44(60(40-18-14-12-15-19-40)41-20-16-13-17-21-41)36-49-52(50)59(55-53(62)51-54(63-55)58(5)34-32-57(51,4)33-35-58)47-38-46(65(9,10)11)30-31-48(47)61(49)42-26-28-45(29-27-42)64(6,7)8/h12-31,36-38H,32-35H2,1-11H3. The lowest BCUT2D eigenvalue weighted by Gasteiger charge is -2.50. The summed E-state index contributed by atoms with van der Waals surface area (Å²) in [5.74, 6) is 1.23. The molecule has 7 heteroatoms. The predicted octanol–water partition coefficient (Wildman–Crippen LogP) is 13.3. The Bertz CT molecular complexity index is 2930. The van der Waals surface area contributed by atoms with Crippen LogP contribution in [0.2, 0.25) is 39.3 Å². The zero-order chi connectivity index (χ0) is 45.4. The molecule has 65 heavy (non-hydrogen) atoms. The second kappa shape index (κ2) is 14.5. The maximum atomic E-state index is 7.75. The van der Waals surface area contributed by atoms with E-state index >= 15 is 0 Å². The average molecular weight is 886 g/mol. The number of nitrogens with zero attached hydrogens (tertiary/aromatic N) is 3. The van der Waals surface area contributed by atoms with Crippen LogP contribution in [0.5, 0.6) is 0 Å². The molecule has 0 radical (unpaired) electrons. The topological polar surface area (TPSA) is 22.9 Å². The molecule has 328 valence electrons. The van der Waals surface area contributed by atoms with Crippen molar-refractivity contribution in [3.05, 3.63) is 156 Å². The molecule has 0 amide bonds. The van der Waals surface area contributed by atoms with Crippen molar-refractivity contribution in [1.29, 1.82) is 0 Å². The van der Waals surface area contributed by atoms with E-state index in [1.54, 1.807) is 0 Å². The number of hydrogen-bond acceptors (Lipinski definition) is 4. The molecule has 2 aliphatic heterocycles. The Hall–Kier alpha value is -5.50. The van der Waals surface area contributed by atoms with Crippen molar-refractivity contribution in [2.45, 2.75) is 116 Å². The van der Waals surface area contributed by atoms with Gasteiger partial charge in [0, 0.05) is 50.8 Å². The van der Waals surface area contributed by atoms with Crippen LogP contribution in [0.4, 0.5) is 51.2 Å². The summed E-state index contributed by atoms with van der Waals surface area (Å²) in [6, 6.07) is 53.4. The zero-order valence-corrected chi connectivity index (χ0v) is 42.4. The Kier molecular flexibility index (Phi) is 9.40. The number of hydrogen-bond donors (Lipinski definition) is 0. The van der Waals surface area contributed by atoms with E-state index in [9.17, 15) is 0 Å². The van der Waals surface area contributed by atoms with Crippen LogP contribution in [-0.2, 0) is 16.2 Å². The Labute approximate surface area is 390 Å². The van der Waals surface area contributed by atoms with Crippen molar-refractivity contribution in [3.8, 4) is 0 Å². The summed E-state index contributed by atoms with van der Waals surface area (Å²) in [6.45, 7) is 26.7. The van der Waals surface area contributed by atoms with Gasteiger partial charge in [-0.2, -0.15) is 0 Å². The monoisotopic (exact) mass is 885 g/mol. The van der Waals surface area contributed by atoms with Crippen molar-refractivity contribution in [1.82, 2.24) is 0 Å². The second-order valence-corrected chi connectivity index (χ2v) is 33.4. The van der Waals surface area contributed by atoms with Crippen molar-refractivity contribution < 1.29 is 4.42 Å². The highest BCUT2D eigenvalue weighted by molar-refractivity contribution is 7.00. The minimum Gasteiger partial charge on any atom is -0.472 e. The summed E-state index contributed by atoms with van der Waals surface area (Å²) >= 11 is 0. The van der Waals surface area contributed by atoms with Gasteiger partial charge in [0.05, 0.1) is 33.2 Å². The largest absolute Gasteiger partial charge is 0.472 e. The van der Waals surface area contributed by atoms with Crippen LogP contribution in [0.3, 0.4) is 0 Å². The Morgan fingerprint density at radius 3 is 1.62 bits per heavy atom. The molecule has 1 aromatic heterocycles. The number of fused-ring (bicyclic) bond motifs is 6. The highest BCUT2D eigenvalue weighted by atomic mass is 28.3. The number of benzene rings is 6. The van der Waals surface area contributed by atoms with E-state index in [0.717, 1.165) is 35.6 Å². The summed E-state index contributed by atoms with van der Waals surface area (Å²) < 4.78 is 7.75. The number of rotatable bonds is 7. The summed E-state index contributed by atoms with van der Waals surface area (Å²) in [7, 11) is -3.30. The fourth-order valence-electron chi connectivity index (χ4n) is 11.6. The molecule has 1 fully saturated rings. The minimum atomic E-state index is -1.74. The van der Waals surface area contributed by atoms with Crippen LogP contribution in [0.15, 0.2) is 144 Å². The summed E-state index contributed by atoms with van der Waals surface area (Å²) in [5.41, 5.74) is 17.3. The Balaban J connectivity index is 1.29. The van der Waals surface area contributed by atoms with Gasteiger partial charge >= 0.3 is 0 Å². The zero-order valence-electron chi connectivity index (χ0n) is 40.4. The Morgan fingerprint density at radius 1 is 0.554 bits per heavy atom. The highest BCUT2D eigenvalue weighted by Crippen LogP contribution is 2.61. The first-order chi connectivity index (χ1) is 30.8. The molecule has 3 aliphatic carbocycles. The molecular weight excluding hydrogens is 822 g/mol. The molecule has 2 bridgehead atoms. The van der Waals surface area contributed by atoms with Gasteiger partial charge in [-0.05, 0) is 120 Å². The van der Waals surface area contributed by atoms with E-state index in [0.29, 0.717) is 0 Å². The van der Waals surface area contributed by atoms with Crippen LogP contribution >= 0.6 is 0 Å². The molecule has 0 unspecified atom stereocenters. The molecule has 1 saturated carbocycles. The van der Waals surface area contributed by atoms with E-state index in [2.05, 4.69) is 228 Å². The SMILES string of the molecule is CC(C)(C)c1ccc(N2c3cc(N(c4ccccc4)c4ccccc4)cc4c3B(c3cc([Si](C)(C)C)ccc3N4c3ccc([Si](C)(C)C)cc3)c3oc4c(c32)C2(C)CCC4(C)CC2)cc1. The quantitative estimate of drug-likeness (QED) is 0.149. The van der Waals surface area contributed by atoms with E-state index in [1.807, 2.05) is 0 Å². The van der Waals surface area contributed by atoms with E-state index in [-0.39, 0.29) is 23.0 Å². The normalized spacial score (nSPS) is 19.7. The lowest BCUT2D eigenvalue weighted by Crippen LogP contribution is -2.62. The Morgan fingerprint density at radius 2 is 1.06 bits per heavy atom.